The van der Waals surface area contributed by atoms with Crippen LogP contribution in [0.3, 0.4) is 0 Å². The smallest absolute Gasteiger partial charge is 0.119 e. The average molecular weight is 409 g/mol. The number of aryl methyl sites for hydroxylation is 1. The van der Waals surface area contributed by atoms with Gasteiger partial charge >= 0.3 is 0 Å². The molecule has 0 aliphatic heterocycles. The Morgan fingerprint density at radius 2 is 1.59 bits per heavy atom. The maximum absolute atomic E-state index is 5.76. The van der Waals surface area contributed by atoms with E-state index < -0.39 is 0 Å². The Bertz CT molecular complexity index is 527. The third-order valence-corrected chi connectivity index (χ3v) is 4.33. The molecule has 0 saturated heterocycles. The van der Waals surface area contributed by atoms with E-state index in [1.807, 2.05) is 12.1 Å². The highest BCUT2D eigenvalue weighted by Crippen LogP contribution is 2.13. The summed E-state index contributed by atoms with van der Waals surface area (Å²) >= 11 is 2.30. The molecule has 2 aromatic rings. The molecule has 118 valence electrons. The number of rotatable bonds is 9. The minimum Gasteiger partial charge on any atom is -0.494 e. The molecule has 0 amide bonds. The van der Waals surface area contributed by atoms with Crippen LogP contribution in [-0.4, -0.2) is 31.6 Å². The van der Waals surface area contributed by atoms with Gasteiger partial charge in [0, 0.05) is 10.1 Å². The summed E-state index contributed by atoms with van der Waals surface area (Å²) in [5.41, 5.74) is 1.43. The molecule has 0 bridgehead atoms. The monoisotopic (exact) mass is 409 g/mol. The summed E-state index contributed by atoms with van der Waals surface area (Å²) in [5.74, 6) is 0.965. The van der Waals surface area contributed by atoms with Crippen LogP contribution in [0.15, 0.2) is 54.6 Å². The molecule has 0 unspecified atom stereocenters. The molecule has 0 spiro atoms. The highest BCUT2D eigenvalue weighted by atomic mass is 127. The molecule has 0 radical (unpaired) electrons. The fourth-order valence-corrected chi connectivity index (χ4v) is 2.72. The van der Waals surface area contributed by atoms with Crippen LogP contribution in [0.2, 0.25) is 0 Å². The Morgan fingerprint density at radius 1 is 0.909 bits per heavy atom. The van der Waals surface area contributed by atoms with Gasteiger partial charge in [0.05, 0.1) is 6.61 Å². The van der Waals surface area contributed by atoms with E-state index in [9.17, 15) is 0 Å². The van der Waals surface area contributed by atoms with Gasteiger partial charge in [-0.1, -0.05) is 30.3 Å². The van der Waals surface area contributed by atoms with E-state index in [2.05, 4.69) is 77.0 Å². The molecule has 0 aromatic heterocycles. The highest BCUT2D eigenvalue weighted by Gasteiger charge is 2.00. The Hall–Kier alpha value is -1.07. The maximum Gasteiger partial charge on any atom is 0.119 e. The zero-order valence-corrected chi connectivity index (χ0v) is 15.3. The van der Waals surface area contributed by atoms with E-state index in [1.54, 1.807) is 0 Å². The Kier molecular flexibility index (Phi) is 7.74. The van der Waals surface area contributed by atoms with E-state index >= 15 is 0 Å². The first-order chi connectivity index (χ1) is 10.7. The van der Waals surface area contributed by atoms with E-state index in [0.717, 1.165) is 38.3 Å². The number of hydrogen-bond donors (Lipinski definition) is 0. The normalized spacial score (nSPS) is 10.9. The highest BCUT2D eigenvalue weighted by molar-refractivity contribution is 14.1. The fourth-order valence-electron chi connectivity index (χ4n) is 2.36. The maximum atomic E-state index is 5.76. The van der Waals surface area contributed by atoms with Crippen LogP contribution in [0.1, 0.15) is 18.4 Å². The quantitative estimate of drug-likeness (QED) is 0.443. The van der Waals surface area contributed by atoms with E-state index in [4.69, 9.17) is 4.74 Å². The van der Waals surface area contributed by atoms with Crippen molar-refractivity contribution in [3.63, 3.8) is 0 Å². The molecule has 2 nitrogen and oxygen atoms in total. The molecule has 0 N–H and O–H groups in total. The molecule has 0 aliphatic carbocycles. The second-order valence-corrected chi connectivity index (χ2v) is 6.79. The van der Waals surface area contributed by atoms with Crippen molar-refractivity contribution in [1.82, 2.24) is 4.90 Å². The molecule has 0 atom stereocenters. The summed E-state index contributed by atoms with van der Waals surface area (Å²) in [6.45, 7) is 3.00. The molecular weight excluding hydrogens is 385 g/mol. The number of ether oxygens (including phenoxy) is 1. The summed E-state index contributed by atoms with van der Waals surface area (Å²) in [6, 6.07) is 18.9. The molecule has 0 saturated carbocycles. The predicted molar refractivity (Wildman–Crippen MR) is 102 cm³/mol. The van der Waals surface area contributed by atoms with Crippen LogP contribution in [-0.2, 0) is 6.42 Å². The van der Waals surface area contributed by atoms with Gasteiger partial charge < -0.3 is 9.64 Å². The van der Waals surface area contributed by atoms with Gasteiger partial charge in [-0.2, -0.15) is 0 Å². The lowest BCUT2D eigenvalue weighted by atomic mass is 10.1. The summed E-state index contributed by atoms with van der Waals surface area (Å²) in [5, 5.41) is 0. The molecule has 3 heteroatoms. The van der Waals surface area contributed by atoms with Crippen molar-refractivity contribution in [2.45, 2.75) is 19.3 Å². The minimum absolute atomic E-state index is 0.781. The van der Waals surface area contributed by atoms with Crippen LogP contribution in [0.25, 0.3) is 0 Å². The average Bonchev–Trinajstić information content (AvgIpc) is 2.54. The second-order valence-electron chi connectivity index (χ2n) is 5.55. The van der Waals surface area contributed by atoms with Gasteiger partial charge in [0.15, 0.2) is 0 Å². The third-order valence-electron chi connectivity index (χ3n) is 3.61. The van der Waals surface area contributed by atoms with Crippen LogP contribution >= 0.6 is 22.6 Å². The number of nitrogens with zero attached hydrogens (tertiary/aromatic N) is 1. The lowest BCUT2D eigenvalue weighted by Gasteiger charge is -2.16. The summed E-state index contributed by atoms with van der Waals surface area (Å²) in [6.07, 6.45) is 3.43. The lowest BCUT2D eigenvalue weighted by Crippen LogP contribution is -2.22. The van der Waals surface area contributed by atoms with Crippen molar-refractivity contribution in [2.24, 2.45) is 0 Å². The van der Waals surface area contributed by atoms with Crippen molar-refractivity contribution in [3.8, 4) is 5.75 Å². The zero-order valence-electron chi connectivity index (χ0n) is 13.2. The second kappa shape index (κ2) is 9.85. The van der Waals surface area contributed by atoms with Crippen LogP contribution in [0, 0.1) is 3.57 Å². The standard InChI is InChI=1S/C19H24INO/c1-21(14-5-9-17-7-3-2-4-8-17)15-6-16-22-19-12-10-18(20)11-13-19/h2-4,7-8,10-13H,5-6,9,14-16H2,1H3. The van der Waals surface area contributed by atoms with Crippen LogP contribution in [0.5, 0.6) is 5.75 Å². The van der Waals surface area contributed by atoms with Gasteiger partial charge in [-0.15, -0.1) is 0 Å². The van der Waals surface area contributed by atoms with Crippen LogP contribution < -0.4 is 4.74 Å². The zero-order chi connectivity index (χ0) is 15.6. The summed E-state index contributed by atoms with van der Waals surface area (Å²) < 4.78 is 6.99. The number of hydrogen-bond acceptors (Lipinski definition) is 2. The van der Waals surface area contributed by atoms with E-state index in [1.165, 1.54) is 15.6 Å². The summed E-state index contributed by atoms with van der Waals surface area (Å²) in [7, 11) is 2.19. The van der Waals surface area contributed by atoms with E-state index in [-0.39, 0.29) is 0 Å². The molecule has 2 rings (SSSR count). The Morgan fingerprint density at radius 3 is 2.32 bits per heavy atom. The fraction of sp³-hybridized carbons (Fsp3) is 0.368. The van der Waals surface area contributed by atoms with Gasteiger partial charge in [-0.25, -0.2) is 0 Å². The minimum atomic E-state index is 0.781. The molecule has 22 heavy (non-hydrogen) atoms. The van der Waals surface area contributed by atoms with Gasteiger partial charge in [0.25, 0.3) is 0 Å². The molecule has 0 heterocycles. The topological polar surface area (TPSA) is 12.5 Å². The SMILES string of the molecule is CN(CCCOc1ccc(I)cc1)CCCc1ccccc1. The molecular formula is C19H24INO. The third kappa shape index (κ3) is 6.79. The van der Waals surface area contributed by atoms with Gasteiger partial charge in [-0.3, -0.25) is 0 Å². The van der Waals surface area contributed by atoms with Crippen molar-refractivity contribution in [3.05, 3.63) is 63.7 Å². The first-order valence-corrected chi connectivity index (χ1v) is 8.93. The van der Waals surface area contributed by atoms with Crippen LogP contribution in [0.4, 0.5) is 0 Å². The van der Waals surface area contributed by atoms with Crippen molar-refractivity contribution in [2.75, 3.05) is 26.7 Å². The first kappa shape index (κ1) is 17.3. The van der Waals surface area contributed by atoms with Crippen molar-refractivity contribution >= 4 is 22.6 Å². The van der Waals surface area contributed by atoms with Crippen molar-refractivity contribution < 1.29 is 4.74 Å². The summed E-state index contributed by atoms with van der Waals surface area (Å²) in [4.78, 5) is 2.39. The van der Waals surface area contributed by atoms with Crippen molar-refractivity contribution in [1.29, 1.82) is 0 Å². The Labute approximate surface area is 147 Å². The lowest BCUT2D eigenvalue weighted by molar-refractivity contribution is 0.261. The first-order valence-electron chi connectivity index (χ1n) is 7.85. The number of halogens is 1. The molecule has 0 aliphatic rings. The number of benzene rings is 2. The van der Waals surface area contributed by atoms with E-state index in [0.29, 0.717) is 0 Å². The van der Waals surface area contributed by atoms with Gasteiger partial charge in [0.2, 0.25) is 0 Å². The van der Waals surface area contributed by atoms with Gasteiger partial charge in [-0.05, 0) is 85.3 Å². The molecule has 2 aromatic carbocycles. The van der Waals surface area contributed by atoms with Gasteiger partial charge in [0.1, 0.15) is 5.75 Å². The Balaban J connectivity index is 1.54. The molecule has 0 fully saturated rings. The predicted octanol–water partition coefficient (Wildman–Crippen LogP) is 4.62. The largest absolute Gasteiger partial charge is 0.494 e.